The molecule has 1 aliphatic heterocycles. The quantitative estimate of drug-likeness (QED) is 0.556. The maximum absolute atomic E-state index is 12.4. The standard InChI is InChI=1S/C23H39N3O4S/c1-15(2)31(28,29)24-11-9-8-10-23(27)25-21-12-17(4)22(13-16(21)3)26-14-18(5)30-20(7)19(26)6/h12-13,15,18-20,24H,8-11,14H2,1-7H3,(H,25,27). The van der Waals surface area contributed by atoms with Gasteiger partial charge in [0.2, 0.25) is 15.9 Å². The lowest BCUT2D eigenvalue weighted by atomic mass is 10.0. The number of carbonyl (C=O) groups is 1. The van der Waals surface area contributed by atoms with Gasteiger partial charge in [-0.2, -0.15) is 0 Å². The molecule has 1 aromatic rings. The Morgan fingerprint density at radius 3 is 2.48 bits per heavy atom. The zero-order valence-corrected chi connectivity index (χ0v) is 20.8. The second kappa shape index (κ2) is 10.8. The zero-order valence-electron chi connectivity index (χ0n) is 20.0. The summed E-state index contributed by atoms with van der Waals surface area (Å²) in [5.41, 5.74) is 4.16. The maximum atomic E-state index is 12.4. The smallest absolute Gasteiger partial charge is 0.224 e. The van der Waals surface area contributed by atoms with Gasteiger partial charge in [0, 0.05) is 30.9 Å². The molecule has 1 aliphatic rings. The minimum Gasteiger partial charge on any atom is -0.372 e. The molecule has 8 heteroatoms. The summed E-state index contributed by atoms with van der Waals surface area (Å²) in [6.07, 6.45) is 1.95. The van der Waals surface area contributed by atoms with E-state index in [1.54, 1.807) is 13.8 Å². The van der Waals surface area contributed by atoms with Crippen LogP contribution >= 0.6 is 0 Å². The monoisotopic (exact) mass is 453 g/mol. The number of unbranched alkanes of at least 4 members (excludes halogenated alkanes) is 1. The van der Waals surface area contributed by atoms with Crippen molar-refractivity contribution in [2.45, 2.75) is 91.2 Å². The van der Waals surface area contributed by atoms with Gasteiger partial charge in [0.1, 0.15) is 0 Å². The normalized spacial score (nSPS) is 22.1. The lowest BCUT2D eigenvalue weighted by molar-refractivity contribution is -0.116. The Morgan fingerprint density at radius 1 is 1.16 bits per heavy atom. The third-order valence-electron chi connectivity index (χ3n) is 5.95. The molecule has 3 atom stereocenters. The van der Waals surface area contributed by atoms with Crippen LogP contribution in [0.15, 0.2) is 12.1 Å². The van der Waals surface area contributed by atoms with Crippen LogP contribution in [-0.4, -0.2) is 50.9 Å². The van der Waals surface area contributed by atoms with Crippen LogP contribution in [0.25, 0.3) is 0 Å². The Balaban J connectivity index is 1.93. The molecule has 2 rings (SSSR count). The molecule has 3 unspecified atom stereocenters. The molecule has 0 aliphatic carbocycles. The second-order valence-electron chi connectivity index (χ2n) is 8.99. The number of aryl methyl sites for hydroxylation is 2. The van der Waals surface area contributed by atoms with Crippen molar-refractivity contribution in [1.82, 2.24) is 4.72 Å². The predicted molar refractivity (Wildman–Crippen MR) is 127 cm³/mol. The van der Waals surface area contributed by atoms with E-state index in [0.717, 1.165) is 23.4 Å². The van der Waals surface area contributed by atoms with E-state index >= 15 is 0 Å². The molecular weight excluding hydrogens is 414 g/mol. The van der Waals surface area contributed by atoms with Crippen molar-refractivity contribution in [3.8, 4) is 0 Å². The number of hydrogen-bond acceptors (Lipinski definition) is 5. The molecule has 2 N–H and O–H groups in total. The number of amides is 1. The highest BCUT2D eigenvalue weighted by Crippen LogP contribution is 2.32. The van der Waals surface area contributed by atoms with E-state index in [-0.39, 0.29) is 24.2 Å². The maximum Gasteiger partial charge on any atom is 0.224 e. The number of sulfonamides is 1. The van der Waals surface area contributed by atoms with Crippen molar-refractivity contribution < 1.29 is 17.9 Å². The van der Waals surface area contributed by atoms with Gasteiger partial charge in [-0.05, 0) is 84.6 Å². The van der Waals surface area contributed by atoms with Gasteiger partial charge in [-0.25, -0.2) is 13.1 Å². The number of benzene rings is 1. The molecule has 31 heavy (non-hydrogen) atoms. The SMILES string of the molecule is Cc1cc(N2CC(C)OC(C)C2C)c(C)cc1NC(=O)CCCCNS(=O)(=O)C(C)C. The second-order valence-corrected chi connectivity index (χ2v) is 11.3. The Bertz CT molecular complexity index is 870. The van der Waals surface area contributed by atoms with E-state index in [4.69, 9.17) is 4.74 Å². The molecule has 1 aromatic carbocycles. The Kier molecular flexibility index (Phi) is 8.92. The highest BCUT2D eigenvalue weighted by Gasteiger charge is 2.30. The highest BCUT2D eigenvalue weighted by molar-refractivity contribution is 7.90. The van der Waals surface area contributed by atoms with Crippen LogP contribution in [0.5, 0.6) is 0 Å². The summed E-state index contributed by atoms with van der Waals surface area (Å²) in [5.74, 6) is -0.0519. The van der Waals surface area contributed by atoms with Gasteiger partial charge in [0.05, 0.1) is 23.5 Å². The van der Waals surface area contributed by atoms with Gasteiger partial charge in [0.25, 0.3) is 0 Å². The predicted octanol–water partition coefficient (Wildman–Crippen LogP) is 3.74. The van der Waals surface area contributed by atoms with Crippen molar-refractivity contribution in [1.29, 1.82) is 0 Å². The van der Waals surface area contributed by atoms with Crippen LogP contribution in [0.3, 0.4) is 0 Å². The lowest BCUT2D eigenvalue weighted by Gasteiger charge is -2.43. The number of morpholine rings is 1. The van der Waals surface area contributed by atoms with Crippen molar-refractivity contribution in [3.63, 3.8) is 0 Å². The first-order chi connectivity index (χ1) is 14.4. The summed E-state index contributed by atoms with van der Waals surface area (Å²) >= 11 is 0. The average molecular weight is 454 g/mol. The molecule has 0 radical (unpaired) electrons. The number of ether oxygens (including phenoxy) is 1. The number of nitrogens with zero attached hydrogens (tertiary/aromatic N) is 1. The van der Waals surface area contributed by atoms with Gasteiger partial charge in [-0.3, -0.25) is 4.79 Å². The van der Waals surface area contributed by atoms with Crippen molar-refractivity contribution in [2.24, 2.45) is 0 Å². The van der Waals surface area contributed by atoms with Gasteiger partial charge < -0.3 is 15.0 Å². The molecule has 176 valence electrons. The molecular formula is C23H39N3O4S. The van der Waals surface area contributed by atoms with E-state index in [1.807, 2.05) is 13.0 Å². The van der Waals surface area contributed by atoms with Gasteiger partial charge >= 0.3 is 0 Å². The third kappa shape index (κ3) is 6.92. The van der Waals surface area contributed by atoms with E-state index < -0.39 is 15.3 Å². The van der Waals surface area contributed by atoms with Crippen LogP contribution in [-0.2, 0) is 19.6 Å². The Morgan fingerprint density at radius 2 is 1.84 bits per heavy atom. The summed E-state index contributed by atoms with van der Waals surface area (Å²) in [5, 5.41) is 2.57. The topological polar surface area (TPSA) is 87.7 Å². The minimum absolute atomic E-state index is 0.0519. The Labute approximate surface area is 188 Å². The molecule has 0 spiro atoms. The number of anilines is 2. The summed E-state index contributed by atoms with van der Waals surface area (Å²) in [6, 6.07) is 4.46. The van der Waals surface area contributed by atoms with Crippen LogP contribution in [0.4, 0.5) is 11.4 Å². The first-order valence-electron chi connectivity index (χ1n) is 11.2. The summed E-state index contributed by atoms with van der Waals surface area (Å²) < 4.78 is 32.0. The van der Waals surface area contributed by atoms with Crippen molar-refractivity contribution in [3.05, 3.63) is 23.3 Å². The average Bonchev–Trinajstić information content (AvgIpc) is 2.67. The molecule has 0 bridgehead atoms. The molecule has 1 amide bonds. The first kappa shape index (κ1) is 25.6. The van der Waals surface area contributed by atoms with E-state index in [2.05, 4.69) is 48.7 Å². The lowest BCUT2D eigenvalue weighted by Crippen LogP contribution is -2.52. The highest BCUT2D eigenvalue weighted by atomic mass is 32.2. The summed E-state index contributed by atoms with van der Waals surface area (Å²) in [4.78, 5) is 14.8. The number of rotatable bonds is 9. The third-order valence-corrected chi connectivity index (χ3v) is 7.80. The molecule has 0 saturated carbocycles. The van der Waals surface area contributed by atoms with E-state index in [1.165, 1.54) is 5.69 Å². The zero-order chi connectivity index (χ0) is 23.3. The number of nitrogens with one attached hydrogen (secondary N) is 2. The van der Waals surface area contributed by atoms with Crippen LogP contribution < -0.4 is 14.9 Å². The Hall–Kier alpha value is -1.64. The fraction of sp³-hybridized carbons (Fsp3) is 0.696. The fourth-order valence-electron chi connectivity index (χ4n) is 3.79. The van der Waals surface area contributed by atoms with Crippen molar-refractivity contribution in [2.75, 3.05) is 23.3 Å². The molecule has 1 fully saturated rings. The number of carbonyl (C=O) groups excluding carboxylic acids is 1. The van der Waals surface area contributed by atoms with E-state index in [9.17, 15) is 13.2 Å². The molecule has 0 aromatic heterocycles. The van der Waals surface area contributed by atoms with Gasteiger partial charge in [0.15, 0.2) is 0 Å². The minimum atomic E-state index is -3.24. The fourth-order valence-corrected chi connectivity index (χ4v) is 4.55. The van der Waals surface area contributed by atoms with Crippen molar-refractivity contribution >= 4 is 27.3 Å². The molecule has 7 nitrogen and oxygen atoms in total. The molecule has 1 heterocycles. The number of hydrogen-bond donors (Lipinski definition) is 2. The summed E-state index contributed by atoms with van der Waals surface area (Å²) in [7, 11) is -3.24. The van der Waals surface area contributed by atoms with Crippen LogP contribution in [0, 0.1) is 13.8 Å². The van der Waals surface area contributed by atoms with Crippen LogP contribution in [0.1, 0.15) is 65.0 Å². The van der Waals surface area contributed by atoms with Gasteiger partial charge in [-0.1, -0.05) is 0 Å². The van der Waals surface area contributed by atoms with Gasteiger partial charge in [-0.15, -0.1) is 0 Å². The first-order valence-corrected chi connectivity index (χ1v) is 12.8. The molecule has 1 saturated heterocycles. The van der Waals surface area contributed by atoms with Crippen LogP contribution in [0.2, 0.25) is 0 Å². The largest absolute Gasteiger partial charge is 0.372 e. The summed E-state index contributed by atoms with van der Waals surface area (Å²) in [6.45, 7) is 15.0. The van der Waals surface area contributed by atoms with E-state index in [0.29, 0.717) is 25.8 Å².